The molecular formula is C23H19BrN2O2. The van der Waals surface area contributed by atoms with Gasteiger partial charge in [0.05, 0.1) is 12.1 Å². The fraction of sp³-hybridized carbons (Fsp3) is 0.130. The molecule has 1 fully saturated rings. The second-order valence-corrected chi connectivity index (χ2v) is 7.81. The van der Waals surface area contributed by atoms with Crippen molar-refractivity contribution in [3.05, 3.63) is 100 Å². The number of hydrogen-bond donors (Lipinski definition) is 2. The Bertz CT molecular complexity index is 980. The summed E-state index contributed by atoms with van der Waals surface area (Å²) in [7, 11) is 0. The van der Waals surface area contributed by atoms with Crippen molar-refractivity contribution in [1.29, 1.82) is 0 Å². The Morgan fingerprint density at radius 2 is 1.64 bits per heavy atom. The molecule has 0 aromatic heterocycles. The van der Waals surface area contributed by atoms with E-state index in [1.807, 2.05) is 36.4 Å². The monoisotopic (exact) mass is 434 g/mol. The van der Waals surface area contributed by atoms with Crippen LogP contribution in [0.1, 0.15) is 23.1 Å². The van der Waals surface area contributed by atoms with E-state index in [0.717, 1.165) is 22.0 Å². The molecule has 28 heavy (non-hydrogen) atoms. The number of aromatic hydroxyl groups is 1. The molecule has 0 aliphatic heterocycles. The third-order valence-electron chi connectivity index (χ3n) is 5.22. The first-order chi connectivity index (χ1) is 13.6. The zero-order chi connectivity index (χ0) is 19.6. The number of phenols is 1. The summed E-state index contributed by atoms with van der Waals surface area (Å²) in [6.07, 6.45) is 2.19. The molecule has 1 atom stereocenters. The maximum absolute atomic E-state index is 12.8. The molecule has 4 nitrogen and oxygen atoms in total. The van der Waals surface area contributed by atoms with Crippen molar-refractivity contribution >= 4 is 28.1 Å². The standard InChI is InChI=1S/C23H19BrN2O2/c24-19-11-12-21(27)16(13-19)15-25-26-22(28)20-14-23(20,17-7-3-1-4-8-17)18-9-5-2-6-10-18/h1-13,15,20,27H,14H2,(H,26,28)/b25-15+/t20-/m1/s1. The molecule has 0 saturated heterocycles. The van der Waals surface area contributed by atoms with Crippen molar-refractivity contribution in [2.75, 3.05) is 0 Å². The third-order valence-corrected chi connectivity index (χ3v) is 5.72. The minimum atomic E-state index is -0.319. The summed E-state index contributed by atoms with van der Waals surface area (Å²) in [6, 6.07) is 25.3. The SMILES string of the molecule is O=C(N/N=C/c1cc(Br)ccc1O)[C@H]1CC1(c1ccccc1)c1ccccc1. The first kappa shape index (κ1) is 18.4. The van der Waals surface area contributed by atoms with E-state index >= 15 is 0 Å². The van der Waals surface area contributed by atoms with E-state index < -0.39 is 0 Å². The lowest BCUT2D eigenvalue weighted by molar-refractivity contribution is -0.122. The number of phenolic OH excluding ortho intramolecular Hbond substituents is 1. The Labute approximate surface area is 172 Å². The van der Waals surface area contributed by atoms with Gasteiger partial charge in [-0.2, -0.15) is 5.10 Å². The van der Waals surface area contributed by atoms with Crippen LogP contribution in [0.25, 0.3) is 0 Å². The van der Waals surface area contributed by atoms with E-state index in [1.54, 1.807) is 18.2 Å². The number of carbonyl (C=O) groups excluding carboxylic acids is 1. The Morgan fingerprint density at radius 3 is 2.25 bits per heavy atom. The molecule has 4 rings (SSSR count). The van der Waals surface area contributed by atoms with Crippen LogP contribution < -0.4 is 5.43 Å². The van der Waals surface area contributed by atoms with Gasteiger partial charge >= 0.3 is 0 Å². The molecule has 1 aliphatic rings. The first-order valence-electron chi connectivity index (χ1n) is 9.04. The first-order valence-corrected chi connectivity index (χ1v) is 9.83. The second-order valence-electron chi connectivity index (χ2n) is 6.90. The van der Waals surface area contributed by atoms with Gasteiger partial charge in [-0.1, -0.05) is 76.6 Å². The summed E-state index contributed by atoms with van der Waals surface area (Å²) in [4.78, 5) is 12.8. The highest BCUT2D eigenvalue weighted by atomic mass is 79.9. The zero-order valence-electron chi connectivity index (χ0n) is 15.0. The molecule has 0 heterocycles. The third kappa shape index (κ3) is 3.45. The van der Waals surface area contributed by atoms with Crippen molar-refractivity contribution in [2.24, 2.45) is 11.0 Å². The van der Waals surface area contributed by atoms with E-state index in [9.17, 15) is 9.90 Å². The molecule has 2 N–H and O–H groups in total. The normalized spacial score (nSPS) is 17.4. The number of hydrazone groups is 1. The molecule has 0 bridgehead atoms. The number of nitrogens with one attached hydrogen (secondary N) is 1. The van der Waals surface area contributed by atoms with Gasteiger partial charge in [0.1, 0.15) is 5.75 Å². The lowest BCUT2D eigenvalue weighted by Gasteiger charge is -2.18. The summed E-state index contributed by atoms with van der Waals surface area (Å²) in [5.74, 6) is -0.209. The van der Waals surface area contributed by atoms with Crippen molar-refractivity contribution in [3.8, 4) is 5.75 Å². The quantitative estimate of drug-likeness (QED) is 0.454. The van der Waals surface area contributed by atoms with Crippen LogP contribution in [0.3, 0.4) is 0 Å². The van der Waals surface area contributed by atoms with E-state index in [2.05, 4.69) is 50.7 Å². The smallest absolute Gasteiger partial charge is 0.244 e. The summed E-state index contributed by atoms with van der Waals surface area (Å²) >= 11 is 3.36. The van der Waals surface area contributed by atoms with Gasteiger partial charge in [-0.25, -0.2) is 5.43 Å². The van der Waals surface area contributed by atoms with Gasteiger partial charge in [-0.15, -0.1) is 0 Å². The molecule has 1 saturated carbocycles. The van der Waals surface area contributed by atoms with Crippen LogP contribution in [-0.4, -0.2) is 17.2 Å². The second kappa shape index (κ2) is 7.60. The predicted octanol–water partition coefficient (Wildman–Crippen LogP) is 4.61. The van der Waals surface area contributed by atoms with E-state index in [-0.39, 0.29) is 23.0 Å². The minimum absolute atomic E-state index is 0.107. The predicted molar refractivity (Wildman–Crippen MR) is 113 cm³/mol. The van der Waals surface area contributed by atoms with Gasteiger partial charge in [0, 0.05) is 15.5 Å². The van der Waals surface area contributed by atoms with E-state index in [0.29, 0.717) is 5.56 Å². The van der Waals surface area contributed by atoms with Crippen molar-refractivity contribution in [3.63, 3.8) is 0 Å². The number of hydrogen-bond acceptors (Lipinski definition) is 3. The molecule has 3 aromatic rings. The number of halogens is 1. The number of carbonyl (C=O) groups is 1. The van der Waals surface area contributed by atoms with Crippen molar-refractivity contribution < 1.29 is 9.90 Å². The summed E-state index contributed by atoms with van der Waals surface area (Å²) in [5, 5.41) is 13.9. The Balaban J connectivity index is 1.55. The number of amides is 1. The molecule has 0 radical (unpaired) electrons. The van der Waals surface area contributed by atoms with E-state index in [4.69, 9.17) is 0 Å². The molecule has 1 aliphatic carbocycles. The number of nitrogens with zero attached hydrogens (tertiary/aromatic N) is 1. The Kier molecular flexibility index (Phi) is 5.01. The average molecular weight is 435 g/mol. The lowest BCUT2D eigenvalue weighted by Crippen LogP contribution is -2.25. The van der Waals surface area contributed by atoms with Crippen molar-refractivity contribution in [1.82, 2.24) is 5.43 Å². The molecule has 140 valence electrons. The van der Waals surface area contributed by atoms with Crippen LogP contribution in [0, 0.1) is 5.92 Å². The van der Waals surface area contributed by atoms with Crippen LogP contribution in [0.2, 0.25) is 0 Å². The van der Waals surface area contributed by atoms with Gasteiger partial charge in [-0.05, 0) is 35.7 Å². The highest BCUT2D eigenvalue weighted by molar-refractivity contribution is 9.10. The summed E-state index contributed by atoms with van der Waals surface area (Å²) < 4.78 is 0.826. The Morgan fingerprint density at radius 1 is 1.04 bits per heavy atom. The summed E-state index contributed by atoms with van der Waals surface area (Å²) in [5.41, 5.74) is 5.12. The van der Waals surface area contributed by atoms with Crippen LogP contribution in [0.5, 0.6) is 5.75 Å². The topological polar surface area (TPSA) is 61.7 Å². The fourth-order valence-electron chi connectivity index (χ4n) is 3.73. The van der Waals surface area contributed by atoms with Gasteiger partial charge in [0.15, 0.2) is 0 Å². The van der Waals surface area contributed by atoms with Crippen molar-refractivity contribution in [2.45, 2.75) is 11.8 Å². The fourth-order valence-corrected chi connectivity index (χ4v) is 4.11. The lowest BCUT2D eigenvalue weighted by atomic mass is 9.85. The number of rotatable bonds is 5. The zero-order valence-corrected chi connectivity index (χ0v) is 16.6. The van der Waals surface area contributed by atoms with Crippen LogP contribution in [0.15, 0.2) is 88.4 Å². The average Bonchev–Trinajstić information content (AvgIpc) is 3.49. The highest BCUT2D eigenvalue weighted by Crippen LogP contribution is 2.58. The largest absolute Gasteiger partial charge is 0.507 e. The highest BCUT2D eigenvalue weighted by Gasteiger charge is 2.60. The molecule has 1 amide bonds. The van der Waals surface area contributed by atoms with Crippen LogP contribution in [-0.2, 0) is 10.2 Å². The molecular weight excluding hydrogens is 416 g/mol. The van der Waals surface area contributed by atoms with E-state index in [1.165, 1.54) is 6.21 Å². The maximum Gasteiger partial charge on any atom is 0.244 e. The molecule has 0 unspecified atom stereocenters. The van der Waals surface area contributed by atoms with Crippen LogP contribution >= 0.6 is 15.9 Å². The number of benzene rings is 3. The van der Waals surface area contributed by atoms with Gasteiger partial charge < -0.3 is 5.11 Å². The van der Waals surface area contributed by atoms with Gasteiger partial charge in [0.25, 0.3) is 0 Å². The van der Waals surface area contributed by atoms with Crippen LogP contribution in [0.4, 0.5) is 0 Å². The molecule has 5 heteroatoms. The van der Waals surface area contributed by atoms with Gasteiger partial charge in [-0.3, -0.25) is 4.79 Å². The maximum atomic E-state index is 12.8. The molecule has 0 spiro atoms. The van der Waals surface area contributed by atoms with Gasteiger partial charge in [0.2, 0.25) is 5.91 Å². The Hall–Kier alpha value is -2.92. The minimum Gasteiger partial charge on any atom is -0.507 e. The molecule has 3 aromatic carbocycles. The summed E-state index contributed by atoms with van der Waals surface area (Å²) in [6.45, 7) is 0.